The van der Waals surface area contributed by atoms with Crippen molar-refractivity contribution in [3.63, 3.8) is 0 Å². The van der Waals surface area contributed by atoms with Gasteiger partial charge in [0.15, 0.2) is 11.4 Å². The molecular weight excluding hydrogens is 480 g/mol. The Kier molecular flexibility index (Phi) is 8.78. The van der Waals surface area contributed by atoms with Crippen molar-refractivity contribution < 1.29 is 30.4 Å². The Morgan fingerprint density at radius 2 is 1.24 bits per heavy atom. The van der Waals surface area contributed by atoms with Gasteiger partial charge in [-0.25, -0.2) is 15.8 Å². The van der Waals surface area contributed by atoms with Crippen LogP contribution in [0, 0.1) is 10.4 Å². The van der Waals surface area contributed by atoms with Crippen LogP contribution in [0.4, 0.5) is 22.7 Å². The predicted octanol–water partition coefficient (Wildman–Crippen LogP) is 0.816. The summed E-state index contributed by atoms with van der Waals surface area (Å²) in [6.45, 7) is 0. The average Bonchev–Trinajstić information content (AvgIpc) is 2.88. The molecule has 0 saturated heterocycles. The third-order valence-electron chi connectivity index (χ3n) is 5.59. The number of nitrogens with one attached hydrogen (secondary N) is 3. The van der Waals surface area contributed by atoms with Crippen molar-refractivity contribution in [3.05, 3.63) is 87.8 Å². The maximum atomic E-state index is 12.8. The summed E-state index contributed by atoms with van der Waals surface area (Å²) in [5, 5.41) is 45.5. The van der Waals surface area contributed by atoms with Crippen LogP contribution in [0.3, 0.4) is 0 Å². The summed E-state index contributed by atoms with van der Waals surface area (Å²) in [5.74, 6) is 0.0806. The van der Waals surface area contributed by atoms with Crippen LogP contribution in [0.2, 0.25) is 0 Å². The lowest BCUT2D eigenvalue weighted by molar-refractivity contribution is -0.990. The molecule has 0 fully saturated rings. The van der Waals surface area contributed by atoms with E-state index in [-0.39, 0.29) is 17.1 Å². The van der Waals surface area contributed by atoms with Crippen molar-refractivity contribution in [1.82, 2.24) is 5.43 Å². The molecule has 0 spiro atoms. The van der Waals surface area contributed by atoms with Gasteiger partial charge in [-0.05, 0) is 36.4 Å². The van der Waals surface area contributed by atoms with Gasteiger partial charge in [0.25, 0.3) is 5.91 Å². The first kappa shape index (κ1) is 27.5. The molecule has 12 heteroatoms. The van der Waals surface area contributed by atoms with Crippen LogP contribution in [-0.2, 0) is 0 Å². The number of carbonyl (C=O) groups excluding carboxylic acids is 1. The van der Waals surface area contributed by atoms with Crippen molar-refractivity contribution in [1.29, 1.82) is 0 Å². The van der Waals surface area contributed by atoms with Crippen LogP contribution >= 0.6 is 0 Å². The van der Waals surface area contributed by atoms with Crippen LogP contribution in [0.25, 0.3) is 0 Å². The first-order valence-corrected chi connectivity index (χ1v) is 11.2. The maximum Gasteiger partial charge on any atom is 0.271 e. The van der Waals surface area contributed by atoms with Gasteiger partial charge in [0.05, 0.1) is 12.8 Å². The molecule has 0 aliphatic carbocycles. The van der Waals surface area contributed by atoms with Crippen molar-refractivity contribution >= 4 is 34.4 Å². The summed E-state index contributed by atoms with van der Waals surface area (Å²) in [4.78, 5) is 16.1. The number of amides is 1. The molecule has 0 saturated carbocycles. The number of rotatable bonds is 9. The molecule has 0 aliphatic rings. The molecule has 3 rings (SSSR count). The Bertz CT molecular complexity index is 1210. The van der Waals surface area contributed by atoms with Crippen LogP contribution < -0.4 is 30.4 Å². The number of hydrogen-bond donors (Lipinski definition) is 5. The van der Waals surface area contributed by atoms with Crippen LogP contribution in [0.5, 0.6) is 5.75 Å². The quantitative estimate of drug-likeness (QED) is 0.210. The first-order chi connectivity index (χ1) is 17.5. The molecule has 0 radical (unpaired) electrons. The van der Waals surface area contributed by atoms with E-state index < -0.39 is 16.4 Å². The van der Waals surface area contributed by atoms with E-state index in [9.17, 15) is 25.6 Å². The lowest BCUT2D eigenvalue weighted by Gasteiger charge is -2.23. The normalized spacial score (nSPS) is 12.4. The SMILES string of the molecule is COc1ccc(C(=O)NN=C(c2ccc(N(C)C)c([NH+]([O-])O)c2)c2ccc(N(C)C)c([NH+]([O-])O)c2)cc1. The van der Waals surface area contributed by atoms with E-state index >= 15 is 0 Å². The number of quaternary nitrogens is 2. The van der Waals surface area contributed by atoms with E-state index in [1.54, 1.807) is 86.5 Å². The number of nitrogens with zero attached hydrogens (tertiary/aromatic N) is 3. The molecule has 2 unspecified atom stereocenters. The van der Waals surface area contributed by atoms with Gasteiger partial charge < -0.3 is 25.0 Å². The van der Waals surface area contributed by atoms with Gasteiger partial charge in [-0.1, -0.05) is 12.1 Å². The highest BCUT2D eigenvalue weighted by atomic mass is 16.8. The van der Waals surface area contributed by atoms with Gasteiger partial charge in [-0.3, -0.25) is 4.79 Å². The minimum Gasteiger partial charge on any atom is -0.595 e. The lowest BCUT2D eigenvalue weighted by atomic mass is 10.00. The van der Waals surface area contributed by atoms with Gasteiger partial charge in [-0.2, -0.15) is 15.6 Å². The monoisotopic (exact) mass is 510 g/mol. The minimum atomic E-state index is -1.14. The summed E-state index contributed by atoms with van der Waals surface area (Å²) in [6.07, 6.45) is 0. The van der Waals surface area contributed by atoms with E-state index in [1.165, 1.54) is 19.2 Å². The maximum absolute atomic E-state index is 12.8. The van der Waals surface area contributed by atoms with Crippen molar-refractivity contribution in [2.24, 2.45) is 5.10 Å². The fourth-order valence-electron chi connectivity index (χ4n) is 3.70. The Morgan fingerprint density at radius 3 is 1.62 bits per heavy atom. The van der Waals surface area contributed by atoms with E-state index in [2.05, 4.69) is 10.5 Å². The number of hydrazone groups is 1. The number of anilines is 2. The van der Waals surface area contributed by atoms with E-state index in [0.717, 1.165) is 0 Å². The van der Waals surface area contributed by atoms with Crippen LogP contribution in [0.15, 0.2) is 65.8 Å². The van der Waals surface area contributed by atoms with Gasteiger partial charge in [0.2, 0.25) is 0 Å². The lowest BCUT2D eigenvalue weighted by Crippen LogP contribution is -2.99. The molecule has 0 heterocycles. The molecule has 1 amide bonds. The second-order valence-corrected chi connectivity index (χ2v) is 8.49. The Hall–Kier alpha value is -4.04. The largest absolute Gasteiger partial charge is 0.595 e. The summed E-state index contributed by atoms with van der Waals surface area (Å²) in [6, 6.07) is 15.9. The molecule has 0 bridgehead atoms. The van der Waals surface area contributed by atoms with E-state index in [4.69, 9.17) is 4.74 Å². The Labute approximate surface area is 214 Å². The van der Waals surface area contributed by atoms with Gasteiger partial charge in [0.1, 0.15) is 17.1 Å². The Morgan fingerprint density at radius 1 is 0.811 bits per heavy atom. The van der Waals surface area contributed by atoms with Gasteiger partial charge >= 0.3 is 0 Å². The molecular formula is C25H30N6O6. The Balaban J connectivity index is 2.13. The zero-order chi connectivity index (χ0) is 27.3. The second-order valence-electron chi connectivity index (χ2n) is 8.49. The van der Waals surface area contributed by atoms with Crippen LogP contribution in [0.1, 0.15) is 21.5 Å². The minimum absolute atomic E-state index is 0.0278. The summed E-state index contributed by atoms with van der Waals surface area (Å²) in [5.41, 5.74) is 4.80. The molecule has 3 aromatic carbocycles. The number of carbonyl (C=O) groups is 1. The standard InChI is InChI=1S/C25H30N6O6/c1-28(2)20-12-8-17(14-22(20)30(33)34)24(18-9-13-21(29(3)4)23(15-18)31(35)36)26-27-25(32)16-6-10-19(37-5)11-7-16/h6-15,30-31,33,35H,1-5H3,(H,27,32). The zero-order valence-electron chi connectivity index (χ0n) is 21.1. The molecule has 3 aromatic rings. The molecule has 5 N–H and O–H groups in total. The topological polar surface area (TPSA) is 153 Å². The first-order valence-electron chi connectivity index (χ1n) is 11.2. The molecule has 37 heavy (non-hydrogen) atoms. The predicted molar refractivity (Wildman–Crippen MR) is 139 cm³/mol. The number of hydrogen-bond acceptors (Lipinski definition) is 9. The molecule has 12 nitrogen and oxygen atoms in total. The fourth-order valence-corrected chi connectivity index (χ4v) is 3.70. The van der Waals surface area contributed by atoms with Crippen molar-refractivity contribution in [3.8, 4) is 5.75 Å². The summed E-state index contributed by atoms with van der Waals surface area (Å²) >= 11 is 0. The average molecular weight is 511 g/mol. The van der Waals surface area contributed by atoms with Crippen molar-refractivity contribution in [2.75, 3.05) is 45.1 Å². The summed E-state index contributed by atoms with van der Waals surface area (Å²) < 4.78 is 5.11. The van der Waals surface area contributed by atoms with Gasteiger partial charge in [-0.15, -0.1) is 0 Å². The highest BCUT2D eigenvalue weighted by Crippen LogP contribution is 2.27. The van der Waals surface area contributed by atoms with Crippen molar-refractivity contribution in [2.45, 2.75) is 0 Å². The molecule has 0 aliphatic heterocycles. The fraction of sp³-hybridized carbons (Fsp3) is 0.200. The van der Waals surface area contributed by atoms with E-state index in [0.29, 0.717) is 33.8 Å². The molecule has 196 valence electrons. The molecule has 0 aromatic heterocycles. The van der Waals surface area contributed by atoms with Crippen LogP contribution in [-0.4, -0.2) is 57.3 Å². The van der Waals surface area contributed by atoms with Gasteiger partial charge in [0, 0.05) is 57.0 Å². The number of methoxy groups -OCH3 is 1. The highest BCUT2D eigenvalue weighted by molar-refractivity contribution is 6.14. The highest BCUT2D eigenvalue weighted by Gasteiger charge is 2.20. The third-order valence-corrected chi connectivity index (χ3v) is 5.59. The van der Waals surface area contributed by atoms with E-state index in [1.807, 2.05) is 0 Å². The third kappa shape index (κ3) is 6.40. The summed E-state index contributed by atoms with van der Waals surface area (Å²) in [7, 11) is 8.43. The zero-order valence-corrected chi connectivity index (χ0v) is 21.1. The molecule has 2 atom stereocenters. The second kappa shape index (κ2) is 11.8. The number of ether oxygens (including phenoxy) is 1. The smallest absolute Gasteiger partial charge is 0.271 e. The number of benzene rings is 3.